The van der Waals surface area contributed by atoms with Gasteiger partial charge in [0.25, 0.3) is 0 Å². The number of ether oxygens (including phenoxy) is 1. The van der Waals surface area contributed by atoms with Gasteiger partial charge in [0, 0.05) is 11.5 Å². The Hall–Kier alpha value is -2.46. The maximum atomic E-state index is 10.9. The summed E-state index contributed by atoms with van der Waals surface area (Å²) in [6, 6.07) is 11.8. The molecule has 1 N–H and O–H groups in total. The lowest BCUT2D eigenvalue weighted by atomic mass is 10.2. The van der Waals surface area contributed by atoms with E-state index in [1.807, 2.05) is 18.2 Å². The minimum Gasteiger partial charge on any atom is -0.478 e. The summed E-state index contributed by atoms with van der Waals surface area (Å²) in [4.78, 5) is 10.9. The van der Waals surface area contributed by atoms with Crippen molar-refractivity contribution in [2.45, 2.75) is 0 Å². The Morgan fingerprint density at radius 2 is 2.05 bits per heavy atom. The molecular weight excluding hydrogens is 280 g/mol. The molecule has 4 nitrogen and oxygen atoms in total. The van der Waals surface area contributed by atoms with E-state index >= 15 is 0 Å². The van der Waals surface area contributed by atoms with Gasteiger partial charge in [0.1, 0.15) is 5.75 Å². The van der Waals surface area contributed by atoms with Gasteiger partial charge >= 0.3 is 5.97 Å². The second-order valence-electron chi connectivity index (χ2n) is 4.14. The molecule has 0 aliphatic heterocycles. The summed E-state index contributed by atoms with van der Waals surface area (Å²) < 4.78 is 11.1. The van der Waals surface area contributed by atoms with Gasteiger partial charge in [0.05, 0.1) is 16.8 Å². The zero-order chi connectivity index (χ0) is 14.1. The molecule has 1 aromatic heterocycles. The van der Waals surface area contributed by atoms with Crippen LogP contribution in [0, 0.1) is 0 Å². The standard InChI is InChI=1S/C15H9ClO4/c16-12-8-10(4-5-11(12)15(17)18)20-13-3-1-2-9-6-7-19-14(9)13/h1-8H,(H,17,18). The topological polar surface area (TPSA) is 59.7 Å². The first kappa shape index (κ1) is 12.6. The summed E-state index contributed by atoms with van der Waals surface area (Å²) in [5.41, 5.74) is 0.668. The molecule has 3 rings (SSSR count). The minimum atomic E-state index is -1.07. The average molecular weight is 289 g/mol. The number of aromatic carboxylic acids is 1. The van der Waals surface area contributed by atoms with Crippen LogP contribution in [0.3, 0.4) is 0 Å². The van der Waals surface area contributed by atoms with Crippen molar-refractivity contribution >= 4 is 28.5 Å². The molecular formula is C15H9ClO4. The molecule has 0 saturated carbocycles. The van der Waals surface area contributed by atoms with Crippen LogP contribution < -0.4 is 4.74 Å². The third-order valence-corrected chi connectivity index (χ3v) is 3.15. The van der Waals surface area contributed by atoms with Gasteiger partial charge < -0.3 is 14.3 Å². The first-order valence-electron chi connectivity index (χ1n) is 5.82. The highest BCUT2D eigenvalue weighted by molar-refractivity contribution is 6.33. The van der Waals surface area contributed by atoms with Gasteiger partial charge in [-0.15, -0.1) is 0 Å². The van der Waals surface area contributed by atoms with Crippen molar-refractivity contribution in [2.24, 2.45) is 0 Å². The smallest absolute Gasteiger partial charge is 0.337 e. The van der Waals surface area contributed by atoms with Crippen LogP contribution in [0.4, 0.5) is 0 Å². The molecule has 0 spiro atoms. The van der Waals surface area contributed by atoms with Gasteiger partial charge in [-0.05, 0) is 24.3 Å². The quantitative estimate of drug-likeness (QED) is 0.766. The van der Waals surface area contributed by atoms with Gasteiger partial charge in [-0.2, -0.15) is 0 Å². The van der Waals surface area contributed by atoms with Crippen LogP contribution in [-0.4, -0.2) is 11.1 Å². The number of furan rings is 1. The summed E-state index contributed by atoms with van der Waals surface area (Å²) in [6.45, 7) is 0. The summed E-state index contributed by atoms with van der Waals surface area (Å²) in [5.74, 6) is -0.0785. The number of carboxylic acid groups (broad SMARTS) is 1. The number of hydrogen-bond acceptors (Lipinski definition) is 3. The van der Waals surface area contributed by atoms with Gasteiger partial charge in [-0.3, -0.25) is 0 Å². The number of carbonyl (C=O) groups is 1. The number of fused-ring (bicyclic) bond motifs is 1. The van der Waals surface area contributed by atoms with Crippen molar-refractivity contribution < 1.29 is 19.1 Å². The first-order valence-corrected chi connectivity index (χ1v) is 6.20. The molecule has 2 aromatic carbocycles. The van der Waals surface area contributed by atoms with Crippen molar-refractivity contribution in [2.75, 3.05) is 0 Å². The Balaban J connectivity index is 1.97. The SMILES string of the molecule is O=C(O)c1ccc(Oc2cccc3ccoc23)cc1Cl. The third kappa shape index (κ3) is 2.21. The number of hydrogen-bond donors (Lipinski definition) is 1. The minimum absolute atomic E-state index is 0.0372. The van der Waals surface area contributed by atoms with Crippen LogP contribution >= 0.6 is 11.6 Å². The fourth-order valence-electron chi connectivity index (χ4n) is 1.91. The van der Waals surface area contributed by atoms with E-state index in [9.17, 15) is 4.79 Å². The normalized spacial score (nSPS) is 10.7. The van der Waals surface area contributed by atoms with Crippen LogP contribution in [0.5, 0.6) is 11.5 Å². The highest BCUT2D eigenvalue weighted by atomic mass is 35.5. The van der Waals surface area contributed by atoms with E-state index in [4.69, 9.17) is 25.9 Å². The first-order chi connectivity index (χ1) is 9.65. The van der Waals surface area contributed by atoms with Gasteiger partial charge in [0.15, 0.2) is 11.3 Å². The molecule has 0 atom stereocenters. The summed E-state index contributed by atoms with van der Waals surface area (Å²) in [7, 11) is 0. The molecule has 0 fully saturated rings. The highest BCUT2D eigenvalue weighted by Crippen LogP contribution is 2.32. The van der Waals surface area contributed by atoms with E-state index in [0.29, 0.717) is 17.1 Å². The van der Waals surface area contributed by atoms with Crippen LogP contribution in [-0.2, 0) is 0 Å². The number of halogens is 1. The summed E-state index contributed by atoms with van der Waals surface area (Å²) in [5, 5.41) is 9.97. The van der Waals surface area contributed by atoms with Gasteiger partial charge in [-0.1, -0.05) is 23.7 Å². The monoisotopic (exact) mass is 288 g/mol. The lowest BCUT2D eigenvalue weighted by Crippen LogP contribution is -1.97. The Bertz CT molecular complexity index is 791. The predicted octanol–water partition coefficient (Wildman–Crippen LogP) is 4.58. The van der Waals surface area contributed by atoms with E-state index < -0.39 is 5.97 Å². The van der Waals surface area contributed by atoms with Crippen molar-refractivity contribution in [1.29, 1.82) is 0 Å². The lowest BCUT2D eigenvalue weighted by molar-refractivity contribution is 0.0697. The molecule has 1 heterocycles. The molecule has 0 saturated heterocycles. The molecule has 0 aliphatic rings. The van der Waals surface area contributed by atoms with Crippen molar-refractivity contribution in [3.05, 3.63) is 59.3 Å². The zero-order valence-corrected chi connectivity index (χ0v) is 10.9. The molecule has 0 aliphatic carbocycles. The fraction of sp³-hybridized carbons (Fsp3) is 0. The van der Waals surface area contributed by atoms with Crippen LogP contribution in [0.25, 0.3) is 11.0 Å². The Morgan fingerprint density at radius 3 is 2.80 bits per heavy atom. The predicted molar refractivity (Wildman–Crippen MR) is 74.7 cm³/mol. The zero-order valence-electron chi connectivity index (χ0n) is 10.2. The molecule has 0 unspecified atom stereocenters. The van der Waals surface area contributed by atoms with Crippen molar-refractivity contribution in [1.82, 2.24) is 0 Å². The fourth-order valence-corrected chi connectivity index (χ4v) is 2.16. The maximum Gasteiger partial charge on any atom is 0.337 e. The van der Waals surface area contributed by atoms with Crippen molar-refractivity contribution in [3.63, 3.8) is 0 Å². The van der Waals surface area contributed by atoms with E-state index in [-0.39, 0.29) is 10.6 Å². The Kier molecular flexibility index (Phi) is 3.08. The van der Waals surface area contributed by atoms with Crippen LogP contribution in [0.1, 0.15) is 10.4 Å². The van der Waals surface area contributed by atoms with Crippen LogP contribution in [0.2, 0.25) is 5.02 Å². The molecule has 0 amide bonds. The molecule has 100 valence electrons. The number of benzene rings is 2. The Labute approximate surface area is 119 Å². The molecule has 5 heteroatoms. The second-order valence-corrected chi connectivity index (χ2v) is 4.55. The summed E-state index contributed by atoms with van der Waals surface area (Å²) in [6.07, 6.45) is 1.58. The van der Waals surface area contributed by atoms with Crippen molar-refractivity contribution in [3.8, 4) is 11.5 Å². The highest BCUT2D eigenvalue weighted by Gasteiger charge is 2.11. The van der Waals surface area contributed by atoms with E-state index in [1.165, 1.54) is 12.1 Å². The Morgan fingerprint density at radius 1 is 1.20 bits per heavy atom. The maximum absolute atomic E-state index is 10.9. The molecule has 0 radical (unpaired) electrons. The average Bonchev–Trinajstić information content (AvgIpc) is 2.87. The largest absolute Gasteiger partial charge is 0.478 e. The lowest BCUT2D eigenvalue weighted by Gasteiger charge is -2.07. The van der Waals surface area contributed by atoms with E-state index in [0.717, 1.165) is 5.39 Å². The molecule has 0 bridgehead atoms. The summed E-state index contributed by atoms with van der Waals surface area (Å²) >= 11 is 5.90. The third-order valence-electron chi connectivity index (χ3n) is 2.84. The molecule has 20 heavy (non-hydrogen) atoms. The van der Waals surface area contributed by atoms with Gasteiger partial charge in [0.2, 0.25) is 0 Å². The number of carboxylic acids is 1. The molecule has 3 aromatic rings. The van der Waals surface area contributed by atoms with Crippen LogP contribution in [0.15, 0.2) is 53.1 Å². The van der Waals surface area contributed by atoms with E-state index in [2.05, 4.69) is 0 Å². The number of rotatable bonds is 3. The second kappa shape index (κ2) is 4.90. The van der Waals surface area contributed by atoms with Gasteiger partial charge in [-0.25, -0.2) is 4.79 Å². The number of para-hydroxylation sites is 1. The van der Waals surface area contributed by atoms with E-state index in [1.54, 1.807) is 18.4 Å².